The van der Waals surface area contributed by atoms with Crippen molar-refractivity contribution in [1.29, 1.82) is 0 Å². The van der Waals surface area contributed by atoms with Crippen molar-refractivity contribution >= 4 is 29.5 Å². The van der Waals surface area contributed by atoms with Crippen LogP contribution in [-0.2, 0) is 14.3 Å². The van der Waals surface area contributed by atoms with Gasteiger partial charge in [-0.1, -0.05) is 32.3 Å². The van der Waals surface area contributed by atoms with Gasteiger partial charge in [0, 0.05) is 28.8 Å². The standard InChI is InChI=1S/C26H30N4O6.CH4/c1-5-22(31)28-20-8-6-7-18(15-20)10-9-17-11-13-19(14-12-17)23(32)29-21(24(33)30-35)16-27-25(34)36-26(2,3)4;/h6-8,11-15,21,35H,5,16H2,1-4H3,(H,27,34)(H,28,31)(H,29,32)(H,30,33);1H4/t21-;/m0./s1. The predicted octanol–water partition coefficient (Wildman–Crippen LogP) is 3.20. The average molecular weight is 511 g/mol. The average Bonchev–Trinajstić information content (AvgIpc) is 2.84. The molecular weight excluding hydrogens is 476 g/mol. The summed E-state index contributed by atoms with van der Waals surface area (Å²) in [7, 11) is 0. The molecule has 2 aromatic carbocycles. The second-order valence-corrected chi connectivity index (χ2v) is 8.69. The molecule has 37 heavy (non-hydrogen) atoms. The molecule has 5 N–H and O–H groups in total. The van der Waals surface area contributed by atoms with Crippen molar-refractivity contribution in [3.05, 3.63) is 65.2 Å². The molecule has 0 saturated heterocycles. The van der Waals surface area contributed by atoms with Crippen LogP contribution in [0.25, 0.3) is 0 Å². The fourth-order valence-corrected chi connectivity index (χ4v) is 2.80. The van der Waals surface area contributed by atoms with Crippen molar-refractivity contribution in [2.75, 3.05) is 11.9 Å². The molecule has 1 atom stereocenters. The summed E-state index contributed by atoms with van der Waals surface area (Å²) in [4.78, 5) is 47.9. The van der Waals surface area contributed by atoms with E-state index in [1.54, 1.807) is 58.0 Å². The molecule has 0 heterocycles. The molecule has 2 rings (SSSR count). The van der Waals surface area contributed by atoms with E-state index in [2.05, 4.69) is 27.8 Å². The van der Waals surface area contributed by atoms with E-state index in [0.717, 1.165) is 0 Å². The molecule has 0 unspecified atom stereocenters. The number of amides is 4. The first kappa shape index (κ1) is 30.7. The Hall–Kier alpha value is -4.36. The van der Waals surface area contributed by atoms with Crippen molar-refractivity contribution in [3.8, 4) is 11.8 Å². The van der Waals surface area contributed by atoms with E-state index in [1.807, 2.05) is 6.07 Å². The Morgan fingerprint density at radius 2 is 1.65 bits per heavy atom. The third kappa shape index (κ3) is 10.8. The summed E-state index contributed by atoms with van der Waals surface area (Å²) >= 11 is 0. The normalized spacial score (nSPS) is 10.9. The van der Waals surface area contributed by atoms with Crippen molar-refractivity contribution in [3.63, 3.8) is 0 Å². The van der Waals surface area contributed by atoms with E-state index in [-0.39, 0.29) is 25.4 Å². The van der Waals surface area contributed by atoms with Gasteiger partial charge in [-0.25, -0.2) is 10.3 Å². The summed E-state index contributed by atoms with van der Waals surface area (Å²) in [6, 6.07) is 12.3. The van der Waals surface area contributed by atoms with Crippen LogP contribution in [-0.4, -0.2) is 47.2 Å². The lowest BCUT2D eigenvalue weighted by Crippen LogP contribution is -2.52. The van der Waals surface area contributed by atoms with Gasteiger partial charge in [0.2, 0.25) is 5.91 Å². The fourth-order valence-electron chi connectivity index (χ4n) is 2.80. The lowest BCUT2D eigenvalue weighted by atomic mass is 10.1. The molecule has 0 bridgehead atoms. The maximum atomic E-state index is 12.6. The van der Waals surface area contributed by atoms with Crippen LogP contribution in [0.15, 0.2) is 48.5 Å². The highest BCUT2D eigenvalue weighted by Crippen LogP contribution is 2.11. The number of ether oxygens (including phenoxy) is 1. The highest BCUT2D eigenvalue weighted by atomic mass is 16.6. The second kappa shape index (κ2) is 14.3. The van der Waals surface area contributed by atoms with Crippen molar-refractivity contribution in [1.82, 2.24) is 16.1 Å². The number of alkyl carbamates (subject to hydrolysis) is 1. The van der Waals surface area contributed by atoms with Crippen LogP contribution in [0.1, 0.15) is 63.0 Å². The summed E-state index contributed by atoms with van der Waals surface area (Å²) in [5, 5.41) is 16.6. The molecule has 0 aliphatic carbocycles. The van der Waals surface area contributed by atoms with Crippen molar-refractivity contribution in [2.45, 2.75) is 53.2 Å². The number of hydrogen-bond acceptors (Lipinski definition) is 6. The zero-order valence-electron chi connectivity index (χ0n) is 20.6. The Balaban J connectivity index is 0.00000684. The molecule has 4 amide bonds. The Labute approximate surface area is 217 Å². The van der Waals surface area contributed by atoms with E-state index in [9.17, 15) is 19.2 Å². The number of hydroxylamine groups is 1. The van der Waals surface area contributed by atoms with Gasteiger partial charge in [0.25, 0.3) is 11.8 Å². The Kier molecular flexibility index (Phi) is 11.8. The number of benzene rings is 2. The maximum absolute atomic E-state index is 12.6. The molecule has 0 spiro atoms. The first-order chi connectivity index (χ1) is 17.0. The molecule has 0 radical (unpaired) electrons. The summed E-state index contributed by atoms with van der Waals surface area (Å²) in [5.41, 5.74) is 2.99. The van der Waals surface area contributed by atoms with Gasteiger partial charge < -0.3 is 20.7 Å². The van der Waals surface area contributed by atoms with Gasteiger partial charge in [-0.2, -0.15) is 0 Å². The molecule has 0 aromatic heterocycles. The highest BCUT2D eigenvalue weighted by molar-refractivity contribution is 5.97. The lowest BCUT2D eigenvalue weighted by Gasteiger charge is -2.21. The maximum Gasteiger partial charge on any atom is 0.407 e. The van der Waals surface area contributed by atoms with E-state index >= 15 is 0 Å². The minimum Gasteiger partial charge on any atom is -0.444 e. The summed E-state index contributed by atoms with van der Waals surface area (Å²) in [6.45, 7) is 6.53. The summed E-state index contributed by atoms with van der Waals surface area (Å²) < 4.78 is 5.10. The Morgan fingerprint density at radius 1 is 1.00 bits per heavy atom. The number of carbonyl (C=O) groups is 4. The van der Waals surface area contributed by atoms with Crippen LogP contribution in [0, 0.1) is 11.8 Å². The largest absolute Gasteiger partial charge is 0.444 e. The molecule has 198 valence electrons. The number of carbonyl (C=O) groups excluding carboxylic acids is 4. The minimum absolute atomic E-state index is 0. The van der Waals surface area contributed by atoms with Gasteiger partial charge in [-0.3, -0.25) is 19.6 Å². The van der Waals surface area contributed by atoms with E-state index in [0.29, 0.717) is 23.2 Å². The van der Waals surface area contributed by atoms with E-state index in [1.165, 1.54) is 17.6 Å². The number of rotatable bonds is 7. The van der Waals surface area contributed by atoms with Crippen LogP contribution < -0.4 is 21.4 Å². The summed E-state index contributed by atoms with van der Waals surface area (Å²) in [5.74, 6) is 4.41. The van der Waals surface area contributed by atoms with Crippen LogP contribution in [0.2, 0.25) is 0 Å². The first-order valence-electron chi connectivity index (χ1n) is 11.2. The SMILES string of the molecule is C.CCC(=O)Nc1cccc(C#Cc2ccc(C(=O)N[C@@H](CNC(=O)OC(C)(C)C)C(=O)NO)cc2)c1. The monoisotopic (exact) mass is 510 g/mol. The molecule has 0 fully saturated rings. The molecule has 0 aliphatic heterocycles. The molecule has 0 aliphatic rings. The fraction of sp³-hybridized carbons (Fsp3) is 0.333. The van der Waals surface area contributed by atoms with Crippen LogP contribution in [0.3, 0.4) is 0 Å². The smallest absolute Gasteiger partial charge is 0.407 e. The molecule has 0 saturated carbocycles. The van der Waals surface area contributed by atoms with Gasteiger partial charge in [0.15, 0.2) is 0 Å². The Bertz CT molecular complexity index is 1160. The zero-order valence-corrected chi connectivity index (χ0v) is 20.6. The number of anilines is 1. The van der Waals surface area contributed by atoms with Gasteiger partial charge in [0.1, 0.15) is 11.6 Å². The van der Waals surface area contributed by atoms with Crippen LogP contribution >= 0.6 is 0 Å². The quantitative estimate of drug-likeness (QED) is 0.220. The minimum atomic E-state index is -1.24. The van der Waals surface area contributed by atoms with Crippen LogP contribution in [0.5, 0.6) is 0 Å². The Morgan fingerprint density at radius 3 is 2.24 bits per heavy atom. The van der Waals surface area contributed by atoms with Gasteiger partial charge in [-0.05, 0) is 63.2 Å². The first-order valence-corrected chi connectivity index (χ1v) is 11.2. The zero-order chi connectivity index (χ0) is 26.7. The molecular formula is C27H34N4O6. The highest BCUT2D eigenvalue weighted by Gasteiger charge is 2.23. The molecule has 10 heteroatoms. The molecule has 2 aromatic rings. The van der Waals surface area contributed by atoms with E-state index in [4.69, 9.17) is 9.94 Å². The lowest BCUT2D eigenvalue weighted by molar-refractivity contribution is -0.131. The third-order valence-corrected chi connectivity index (χ3v) is 4.55. The second-order valence-electron chi connectivity index (χ2n) is 8.69. The van der Waals surface area contributed by atoms with Crippen molar-refractivity contribution < 1.29 is 29.1 Å². The van der Waals surface area contributed by atoms with Gasteiger partial charge in [-0.15, -0.1) is 0 Å². The van der Waals surface area contributed by atoms with Crippen molar-refractivity contribution in [2.24, 2.45) is 0 Å². The van der Waals surface area contributed by atoms with E-state index < -0.39 is 29.6 Å². The third-order valence-electron chi connectivity index (χ3n) is 4.55. The predicted molar refractivity (Wildman–Crippen MR) is 140 cm³/mol. The summed E-state index contributed by atoms with van der Waals surface area (Å²) in [6.07, 6.45) is -0.393. The number of nitrogens with one attached hydrogen (secondary N) is 4. The van der Waals surface area contributed by atoms with Crippen LogP contribution in [0.4, 0.5) is 10.5 Å². The van der Waals surface area contributed by atoms with Gasteiger partial charge >= 0.3 is 6.09 Å². The molecule has 10 nitrogen and oxygen atoms in total. The topological polar surface area (TPSA) is 146 Å². The van der Waals surface area contributed by atoms with Gasteiger partial charge in [0.05, 0.1) is 6.54 Å². The number of hydrogen-bond donors (Lipinski definition) is 5.